The average Bonchev–Trinajstić information content (AvgIpc) is 3.35. The lowest BCUT2D eigenvalue weighted by Gasteiger charge is -2.16. The summed E-state index contributed by atoms with van der Waals surface area (Å²) >= 11 is 0. The van der Waals surface area contributed by atoms with E-state index in [2.05, 4.69) is 0 Å². The van der Waals surface area contributed by atoms with E-state index in [1.807, 2.05) is 39.8 Å². The first-order valence-electron chi connectivity index (χ1n) is 10.9. The van der Waals surface area contributed by atoms with Gasteiger partial charge in [-0.25, -0.2) is 9.37 Å². The van der Waals surface area contributed by atoms with E-state index in [1.165, 1.54) is 12.1 Å². The summed E-state index contributed by atoms with van der Waals surface area (Å²) in [6.07, 6.45) is 3.97. The number of aromatic nitrogens is 2. The largest absolute Gasteiger partial charge is 0.497 e. The number of benzene rings is 2. The highest BCUT2D eigenvalue weighted by atomic mass is 19.1. The number of carbonyl (C=O) groups is 1. The number of carbonyl (C=O) groups excluding carboxylic acids is 1. The molecule has 1 aliphatic heterocycles. The average molecular weight is 430 g/mol. The molecule has 2 aliphatic rings. The van der Waals surface area contributed by atoms with Crippen LogP contribution in [0.25, 0.3) is 17.1 Å². The zero-order valence-corrected chi connectivity index (χ0v) is 17.8. The molecule has 3 aromatic rings. The van der Waals surface area contributed by atoms with E-state index in [4.69, 9.17) is 15.0 Å². The van der Waals surface area contributed by atoms with Gasteiger partial charge in [-0.15, -0.1) is 0 Å². The van der Waals surface area contributed by atoms with E-state index < -0.39 is 5.82 Å². The number of halogens is 1. The fourth-order valence-electron chi connectivity index (χ4n) is 4.32. The van der Waals surface area contributed by atoms with Crippen molar-refractivity contribution >= 4 is 5.91 Å². The van der Waals surface area contributed by atoms with Gasteiger partial charge in [-0.1, -0.05) is 0 Å². The third-order valence-electron chi connectivity index (χ3n) is 6.15. The molecule has 2 fully saturated rings. The number of ether oxygens (including phenoxy) is 1. The normalized spacial score (nSPS) is 15.6. The van der Waals surface area contributed by atoms with E-state index in [-0.39, 0.29) is 17.4 Å². The summed E-state index contributed by atoms with van der Waals surface area (Å²) in [4.78, 5) is 20.1. The Balaban J connectivity index is 1.72. The first kappa shape index (κ1) is 20.3. The molecule has 0 radical (unpaired) electrons. The molecule has 1 aromatic heterocycles. The summed E-state index contributed by atoms with van der Waals surface area (Å²) in [5.74, 6) is 0.800. The zero-order chi connectivity index (χ0) is 22.2. The Hall–Kier alpha value is -3.66. The molecule has 32 heavy (non-hydrogen) atoms. The number of nitriles is 1. The van der Waals surface area contributed by atoms with E-state index in [9.17, 15) is 9.18 Å². The van der Waals surface area contributed by atoms with Crippen molar-refractivity contribution < 1.29 is 13.9 Å². The summed E-state index contributed by atoms with van der Waals surface area (Å²) < 4.78 is 21.8. The molecule has 0 atom stereocenters. The van der Waals surface area contributed by atoms with E-state index in [0.29, 0.717) is 17.1 Å². The van der Waals surface area contributed by atoms with Gasteiger partial charge in [0.15, 0.2) is 5.69 Å². The molecule has 1 saturated heterocycles. The third kappa shape index (κ3) is 3.52. The fraction of sp³-hybridized carbons (Fsp3) is 0.320. The maximum absolute atomic E-state index is 14.5. The SMILES string of the molecule is COc1ccc(-n2c(-c3ccc(C#N)c(F)c3)nc(C(=O)N3CCCC3)c2C2CC2)cc1. The second-order valence-electron chi connectivity index (χ2n) is 8.28. The summed E-state index contributed by atoms with van der Waals surface area (Å²) in [5.41, 5.74) is 2.67. The van der Waals surface area contributed by atoms with Gasteiger partial charge in [0.05, 0.1) is 18.4 Å². The quantitative estimate of drug-likeness (QED) is 0.590. The number of likely N-dealkylation sites (tertiary alicyclic amines) is 1. The molecule has 0 unspecified atom stereocenters. The lowest BCUT2D eigenvalue weighted by atomic mass is 10.1. The highest BCUT2D eigenvalue weighted by Gasteiger charge is 2.37. The highest BCUT2D eigenvalue weighted by molar-refractivity contribution is 5.95. The second kappa shape index (κ2) is 8.12. The van der Waals surface area contributed by atoms with Crippen molar-refractivity contribution in [1.29, 1.82) is 5.26 Å². The standard InChI is InChI=1S/C25H23FN4O2/c1-32-20-10-8-19(9-11-20)30-23(16-4-5-16)22(25(31)29-12-2-3-13-29)28-24(30)17-6-7-18(15-27)21(26)14-17/h6-11,14,16H,2-5,12-13H2,1H3. The molecule has 162 valence electrons. The molecule has 0 bridgehead atoms. The molecule has 2 aromatic carbocycles. The maximum atomic E-state index is 14.5. The Morgan fingerprint density at radius 2 is 1.88 bits per heavy atom. The Kier molecular flexibility index (Phi) is 5.14. The van der Waals surface area contributed by atoms with Crippen LogP contribution in [0, 0.1) is 17.1 Å². The van der Waals surface area contributed by atoms with Gasteiger partial charge in [-0.2, -0.15) is 5.26 Å². The van der Waals surface area contributed by atoms with Gasteiger partial charge in [0.25, 0.3) is 5.91 Å². The number of hydrogen-bond acceptors (Lipinski definition) is 4. The molecule has 1 aliphatic carbocycles. The fourth-order valence-corrected chi connectivity index (χ4v) is 4.32. The van der Waals surface area contributed by atoms with Crippen LogP contribution in [0.15, 0.2) is 42.5 Å². The minimum absolute atomic E-state index is 0.0212. The monoisotopic (exact) mass is 430 g/mol. The second-order valence-corrected chi connectivity index (χ2v) is 8.28. The minimum atomic E-state index is -0.602. The molecule has 5 rings (SSSR count). The van der Waals surface area contributed by atoms with Crippen LogP contribution in [0.1, 0.15) is 53.3 Å². The molecule has 1 amide bonds. The summed E-state index contributed by atoms with van der Waals surface area (Å²) in [6, 6.07) is 13.9. The Morgan fingerprint density at radius 1 is 1.16 bits per heavy atom. The molecule has 0 spiro atoms. The van der Waals surface area contributed by atoms with Crippen LogP contribution in [0.3, 0.4) is 0 Å². The first-order chi connectivity index (χ1) is 15.6. The Morgan fingerprint density at radius 3 is 2.47 bits per heavy atom. The number of methoxy groups -OCH3 is 1. The topological polar surface area (TPSA) is 71.1 Å². The number of hydrogen-bond donors (Lipinski definition) is 0. The van der Waals surface area contributed by atoms with Gasteiger partial charge in [0, 0.05) is 30.3 Å². The lowest BCUT2D eigenvalue weighted by molar-refractivity contribution is 0.0786. The van der Waals surface area contributed by atoms with Crippen molar-refractivity contribution in [2.24, 2.45) is 0 Å². The number of amides is 1. The van der Waals surface area contributed by atoms with Gasteiger partial charge in [-0.05, 0) is 68.1 Å². The maximum Gasteiger partial charge on any atom is 0.274 e. The van der Waals surface area contributed by atoms with E-state index >= 15 is 0 Å². The van der Waals surface area contributed by atoms with Crippen LogP contribution >= 0.6 is 0 Å². The molecule has 6 nitrogen and oxygen atoms in total. The van der Waals surface area contributed by atoms with Crippen LogP contribution in [-0.4, -0.2) is 40.6 Å². The minimum Gasteiger partial charge on any atom is -0.497 e. The van der Waals surface area contributed by atoms with Crippen molar-refractivity contribution in [3.8, 4) is 28.9 Å². The molecule has 0 N–H and O–H groups in total. The van der Waals surface area contributed by atoms with Gasteiger partial charge < -0.3 is 9.64 Å². The Labute approximate surface area is 185 Å². The number of nitrogens with zero attached hydrogens (tertiary/aromatic N) is 4. The van der Waals surface area contributed by atoms with E-state index in [1.54, 1.807) is 13.2 Å². The Bertz CT molecular complexity index is 1220. The summed E-state index contributed by atoms with van der Waals surface area (Å²) in [5, 5.41) is 9.11. The predicted octanol–water partition coefficient (Wildman–Crippen LogP) is 4.67. The highest BCUT2D eigenvalue weighted by Crippen LogP contribution is 2.45. The zero-order valence-electron chi connectivity index (χ0n) is 17.8. The van der Waals surface area contributed by atoms with Crippen LogP contribution in [0.5, 0.6) is 5.75 Å². The van der Waals surface area contributed by atoms with E-state index in [0.717, 1.165) is 55.9 Å². The molecule has 7 heteroatoms. The van der Waals surface area contributed by atoms with Crippen molar-refractivity contribution in [2.45, 2.75) is 31.6 Å². The van der Waals surface area contributed by atoms with Crippen LogP contribution in [0.4, 0.5) is 4.39 Å². The summed E-state index contributed by atoms with van der Waals surface area (Å²) in [6.45, 7) is 1.47. The molecular weight excluding hydrogens is 407 g/mol. The first-order valence-corrected chi connectivity index (χ1v) is 10.9. The lowest BCUT2D eigenvalue weighted by Crippen LogP contribution is -2.28. The molecule has 1 saturated carbocycles. The smallest absolute Gasteiger partial charge is 0.274 e. The van der Waals surface area contributed by atoms with Crippen LogP contribution in [-0.2, 0) is 0 Å². The third-order valence-corrected chi connectivity index (χ3v) is 6.15. The predicted molar refractivity (Wildman–Crippen MR) is 117 cm³/mol. The van der Waals surface area contributed by atoms with Gasteiger partial charge in [0.1, 0.15) is 23.5 Å². The number of rotatable bonds is 5. The van der Waals surface area contributed by atoms with Crippen LogP contribution in [0.2, 0.25) is 0 Å². The van der Waals surface area contributed by atoms with Gasteiger partial charge >= 0.3 is 0 Å². The summed E-state index contributed by atoms with van der Waals surface area (Å²) in [7, 11) is 1.61. The van der Waals surface area contributed by atoms with Crippen LogP contribution < -0.4 is 4.74 Å². The van der Waals surface area contributed by atoms with Crippen molar-refractivity contribution in [3.63, 3.8) is 0 Å². The molecule has 2 heterocycles. The van der Waals surface area contributed by atoms with Gasteiger partial charge in [-0.3, -0.25) is 9.36 Å². The van der Waals surface area contributed by atoms with Crippen molar-refractivity contribution in [1.82, 2.24) is 14.5 Å². The van der Waals surface area contributed by atoms with Crippen molar-refractivity contribution in [3.05, 3.63) is 65.2 Å². The van der Waals surface area contributed by atoms with Gasteiger partial charge in [0.2, 0.25) is 0 Å². The number of imidazole rings is 1. The molecular formula is C25H23FN4O2. The van der Waals surface area contributed by atoms with Crippen molar-refractivity contribution in [2.75, 3.05) is 20.2 Å².